The molecule has 0 N–H and O–H groups in total. The van der Waals surface area contributed by atoms with E-state index < -0.39 is 0 Å². The van der Waals surface area contributed by atoms with Crippen molar-refractivity contribution in [1.82, 2.24) is 0 Å². The van der Waals surface area contributed by atoms with Crippen LogP contribution in [0.4, 0.5) is 0 Å². The van der Waals surface area contributed by atoms with Crippen LogP contribution in [0.3, 0.4) is 0 Å². The molecule has 0 fully saturated rings. The number of nitrogens with zero attached hydrogens (tertiary/aromatic N) is 1. The SMILES string of the molecule is C=[N+]1C=C[c-]2[o+]ccc2[C-]1c1cc(-c2ccccc2)ccc1C. The molecule has 0 aliphatic carbocycles. The lowest BCUT2D eigenvalue weighted by molar-refractivity contribution is -0.418. The van der Waals surface area contributed by atoms with Crippen molar-refractivity contribution in [3.05, 3.63) is 95.6 Å². The zero-order valence-electron chi connectivity index (χ0n) is 13.0. The zero-order chi connectivity index (χ0) is 15.8. The molecule has 2 heterocycles. The van der Waals surface area contributed by atoms with E-state index in [9.17, 15) is 0 Å². The third kappa shape index (κ3) is 2.29. The average Bonchev–Trinajstić information content (AvgIpc) is 3.05. The fourth-order valence-corrected chi connectivity index (χ4v) is 3.02. The van der Waals surface area contributed by atoms with Crippen molar-refractivity contribution in [2.24, 2.45) is 0 Å². The lowest BCUT2D eigenvalue weighted by Crippen LogP contribution is -2.18. The van der Waals surface area contributed by atoms with E-state index in [-0.39, 0.29) is 0 Å². The molecule has 0 atom stereocenters. The minimum Gasteiger partial charge on any atom is -0.372 e. The van der Waals surface area contributed by atoms with Crippen LogP contribution in [0.5, 0.6) is 0 Å². The summed E-state index contributed by atoms with van der Waals surface area (Å²) in [6, 6.07) is 20.1. The Morgan fingerprint density at radius 2 is 1.83 bits per heavy atom. The average molecular weight is 299 g/mol. The zero-order valence-corrected chi connectivity index (χ0v) is 13.0. The van der Waals surface area contributed by atoms with Gasteiger partial charge >= 0.3 is 0 Å². The smallest absolute Gasteiger partial charge is 0.206 e. The molecule has 2 heteroatoms. The fourth-order valence-electron chi connectivity index (χ4n) is 3.02. The van der Waals surface area contributed by atoms with Crippen LogP contribution in [-0.4, -0.2) is 11.3 Å². The monoisotopic (exact) mass is 299 g/mol. The van der Waals surface area contributed by atoms with Gasteiger partial charge in [0.05, 0.1) is 12.2 Å². The first-order valence-corrected chi connectivity index (χ1v) is 7.63. The summed E-state index contributed by atoms with van der Waals surface area (Å²) >= 11 is 0. The summed E-state index contributed by atoms with van der Waals surface area (Å²) in [5, 5.41) is 0. The summed E-state index contributed by atoms with van der Waals surface area (Å²) < 4.78 is 7.46. The van der Waals surface area contributed by atoms with E-state index in [4.69, 9.17) is 4.42 Å². The van der Waals surface area contributed by atoms with Crippen LogP contribution < -0.4 is 0 Å². The molecule has 0 saturated carbocycles. The van der Waals surface area contributed by atoms with Gasteiger partial charge in [0.15, 0.2) is 0 Å². The highest BCUT2D eigenvalue weighted by atomic mass is 16.3. The molecule has 2 nitrogen and oxygen atoms in total. The van der Waals surface area contributed by atoms with Crippen LogP contribution in [0.1, 0.15) is 22.5 Å². The summed E-state index contributed by atoms with van der Waals surface area (Å²) in [5.74, 6) is 0.879. The number of hydrogen-bond donors (Lipinski definition) is 0. The van der Waals surface area contributed by atoms with Gasteiger partial charge in [-0.2, -0.15) is 0 Å². The van der Waals surface area contributed by atoms with Crippen LogP contribution in [0, 0.1) is 13.0 Å². The second-order valence-corrected chi connectivity index (χ2v) is 5.73. The molecule has 0 amide bonds. The first kappa shape index (κ1) is 13.6. The number of hydrogen-bond acceptors (Lipinski definition) is 0. The summed E-state index contributed by atoms with van der Waals surface area (Å²) in [6.45, 7) is 6.27. The topological polar surface area (TPSA) is 14.3 Å². The quantitative estimate of drug-likeness (QED) is 0.374. The van der Waals surface area contributed by atoms with Crippen LogP contribution in [0.25, 0.3) is 17.2 Å². The number of aryl methyl sites for hydroxylation is 1. The van der Waals surface area contributed by atoms with Crippen molar-refractivity contribution >= 4 is 12.8 Å². The predicted molar refractivity (Wildman–Crippen MR) is 93.2 cm³/mol. The van der Waals surface area contributed by atoms with E-state index in [1.165, 1.54) is 22.3 Å². The molecule has 1 aliphatic heterocycles. The van der Waals surface area contributed by atoms with E-state index in [0.717, 1.165) is 17.4 Å². The van der Waals surface area contributed by atoms with E-state index in [2.05, 4.69) is 56.1 Å². The van der Waals surface area contributed by atoms with Gasteiger partial charge in [0.1, 0.15) is 13.0 Å². The molecule has 0 bridgehead atoms. The van der Waals surface area contributed by atoms with Crippen molar-refractivity contribution in [2.45, 2.75) is 6.92 Å². The molecule has 1 aromatic heterocycles. The van der Waals surface area contributed by atoms with Crippen LogP contribution in [0.15, 0.2) is 71.5 Å². The van der Waals surface area contributed by atoms with Crippen LogP contribution in [-0.2, 0) is 0 Å². The normalized spacial score (nSPS) is 13.3. The molecule has 0 spiro atoms. The Labute approximate surface area is 136 Å². The molecule has 4 rings (SSSR count). The van der Waals surface area contributed by atoms with Crippen molar-refractivity contribution in [1.29, 1.82) is 0 Å². The molecule has 23 heavy (non-hydrogen) atoms. The lowest BCUT2D eigenvalue weighted by Gasteiger charge is -2.25. The Morgan fingerprint density at radius 3 is 2.65 bits per heavy atom. The highest BCUT2D eigenvalue weighted by molar-refractivity contribution is 5.68. The van der Waals surface area contributed by atoms with Crippen LogP contribution in [0.2, 0.25) is 0 Å². The number of benzene rings is 2. The molecule has 1 aliphatic rings. The standard InChI is InChI=1S/C21H17NO/c1-15-8-9-17(16-6-4-3-5-7-16)14-19(15)21-18-11-13-23-20(18)10-12-22(21)2/h3-14H,2H2,1H3. The minimum absolute atomic E-state index is 0.879. The Morgan fingerprint density at radius 1 is 1.00 bits per heavy atom. The predicted octanol–water partition coefficient (Wildman–Crippen LogP) is 4.88. The maximum Gasteiger partial charge on any atom is 0.206 e. The maximum atomic E-state index is 5.55. The summed E-state index contributed by atoms with van der Waals surface area (Å²) in [4.78, 5) is 0. The molecular formula is C21H17NO. The van der Waals surface area contributed by atoms with Gasteiger partial charge in [-0.05, 0) is 29.7 Å². The summed E-state index contributed by atoms with van der Waals surface area (Å²) in [5.41, 5.74) is 5.88. The van der Waals surface area contributed by atoms with E-state index in [1.54, 1.807) is 6.26 Å². The molecule has 2 aromatic carbocycles. The molecule has 3 aromatic rings. The number of furan rings is 1. The highest BCUT2D eigenvalue weighted by Gasteiger charge is 2.24. The number of rotatable bonds is 2. The van der Waals surface area contributed by atoms with Gasteiger partial charge in [-0.15, -0.1) is 6.07 Å². The van der Waals surface area contributed by atoms with Gasteiger partial charge in [0.2, 0.25) is 5.76 Å². The van der Waals surface area contributed by atoms with Gasteiger partial charge in [-0.3, -0.25) is 0 Å². The Hall–Kier alpha value is -3.00. The first-order chi connectivity index (χ1) is 11.2. The fraction of sp³-hybridized carbons (Fsp3) is 0.0476. The molecule has 0 saturated heterocycles. The number of fused-ring (bicyclic) bond motifs is 1. The van der Waals surface area contributed by atoms with Crippen molar-refractivity contribution < 1.29 is 8.99 Å². The van der Waals surface area contributed by atoms with E-state index in [1.807, 2.05) is 29.0 Å². The van der Waals surface area contributed by atoms with Gasteiger partial charge in [-0.25, -0.2) is 0 Å². The molecule has 0 unspecified atom stereocenters. The highest BCUT2D eigenvalue weighted by Crippen LogP contribution is 2.35. The molecular weight excluding hydrogens is 282 g/mol. The third-order valence-electron chi connectivity index (χ3n) is 4.24. The van der Waals surface area contributed by atoms with Gasteiger partial charge < -0.3 is 8.99 Å². The summed E-state index contributed by atoms with van der Waals surface area (Å²) in [6.07, 6.45) is 5.61. The lowest BCUT2D eigenvalue weighted by atomic mass is 9.90. The van der Waals surface area contributed by atoms with Gasteiger partial charge in [-0.1, -0.05) is 59.7 Å². The Bertz CT molecular complexity index is 903. The second-order valence-electron chi connectivity index (χ2n) is 5.73. The van der Waals surface area contributed by atoms with Crippen molar-refractivity contribution in [3.8, 4) is 11.1 Å². The van der Waals surface area contributed by atoms with Gasteiger partial charge in [0, 0.05) is 0 Å². The minimum atomic E-state index is 0.879. The Balaban J connectivity index is 1.86. The largest absolute Gasteiger partial charge is 0.372 e. The maximum absolute atomic E-state index is 5.55. The summed E-state index contributed by atoms with van der Waals surface area (Å²) in [7, 11) is 0. The van der Waals surface area contributed by atoms with Crippen LogP contribution >= 0.6 is 0 Å². The molecule has 112 valence electrons. The van der Waals surface area contributed by atoms with Crippen molar-refractivity contribution in [2.75, 3.05) is 0 Å². The van der Waals surface area contributed by atoms with E-state index in [0.29, 0.717) is 0 Å². The van der Waals surface area contributed by atoms with Gasteiger partial charge in [0.25, 0.3) is 0 Å². The Kier molecular flexibility index (Phi) is 3.16. The first-order valence-electron chi connectivity index (χ1n) is 7.63. The molecule has 0 radical (unpaired) electrons. The second kappa shape index (κ2) is 5.33. The van der Waals surface area contributed by atoms with E-state index >= 15 is 0 Å². The van der Waals surface area contributed by atoms with Crippen molar-refractivity contribution in [3.63, 3.8) is 0 Å². The third-order valence-corrected chi connectivity index (χ3v) is 4.24.